The van der Waals surface area contributed by atoms with Crippen LogP contribution in [0.4, 0.5) is 0 Å². The fraction of sp³-hybridized carbons (Fsp3) is 0.348. The van der Waals surface area contributed by atoms with E-state index in [1.165, 1.54) is 24.3 Å². The number of sulfone groups is 1. The number of carbonyl (C=O) groups is 3. The van der Waals surface area contributed by atoms with Crippen LogP contribution < -0.4 is 0 Å². The number of ether oxygens (including phenoxy) is 1. The van der Waals surface area contributed by atoms with E-state index in [1.54, 1.807) is 17.0 Å². The molecule has 1 fully saturated rings. The molecule has 8 heteroatoms. The molecule has 0 bridgehead atoms. The van der Waals surface area contributed by atoms with Crippen molar-refractivity contribution in [1.82, 2.24) is 4.90 Å². The Kier molecular flexibility index (Phi) is 5.43. The number of piperidine rings is 1. The Bertz CT molecular complexity index is 1180. The Balaban J connectivity index is 1.53. The van der Waals surface area contributed by atoms with Gasteiger partial charge >= 0.3 is 5.97 Å². The fourth-order valence-electron chi connectivity index (χ4n) is 4.38. The molecule has 0 aromatic heterocycles. The quantitative estimate of drug-likeness (QED) is 0.580. The maximum Gasteiger partial charge on any atom is 0.338 e. The lowest BCUT2D eigenvalue weighted by Crippen LogP contribution is -2.44. The lowest BCUT2D eigenvalue weighted by Gasteiger charge is -2.34. The molecule has 1 amide bonds. The number of esters is 1. The molecule has 2 heterocycles. The maximum absolute atomic E-state index is 13.0. The second-order valence-electron chi connectivity index (χ2n) is 8.36. The van der Waals surface area contributed by atoms with E-state index in [1.807, 2.05) is 0 Å². The average molecular weight is 442 g/mol. The normalized spacial score (nSPS) is 21.7. The van der Waals surface area contributed by atoms with Gasteiger partial charge in [0.1, 0.15) is 0 Å². The second kappa shape index (κ2) is 7.92. The van der Waals surface area contributed by atoms with Crippen molar-refractivity contribution in [2.75, 3.05) is 19.7 Å². The monoisotopic (exact) mass is 441 g/mol. The number of nitrogens with zero attached hydrogens (tertiary/aromatic N) is 1. The van der Waals surface area contributed by atoms with E-state index in [9.17, 15) is 22.8 Å². The molecule has 2 unspecified atom stereocenters. The Morgan fingerprint density at radius 1 is 1.00 bits per heavy atom. The van der Waals surface area contributed by atoms with Crippen LogP contribution >= 0.6 is 0 Å². The number of amides is 1. The van der Waals surface area contributed by atoms with Crippen LogP contribution in [0.25, 0.3) is 0 Å². The maximum atomic E-state index is 13.0. The number of hydrogen-bond acceptors (Lipinski definition) is 6. The van der Waals surface area contributed by atoms with Gasteiger partial charge in [0.2, 0.25) is 9.84 Å². The molecule has 2 aromatic rings. The zero-order valence-corrected chi connectivity index (χ0v) is 18.1. The molecule has 31 heavy (non-hydrogen) atoms. The van der Waals surface area contributed by atoms with E-state index in [4.69, 9.17) is 4.74 Å². The van der Waals surface area contributed by atoms with Crippen molar-refractivity contribution in [3.63, 3.8) is 0 Å². The molecule has 2 aliphatic heterocycles. The lowest BCUT2D eigenvalue weighted by atomic mass is 9.92. The van der Waals surface area contributed by atoms with Gasteiger partial charge in [0, 0.05) is 24.2 Å². The molecule has 2 aliphatic rings. The molecule has 0 saturated carbocycles. The number of carbonyl (C=O) groups excluding carboxylic acids is 3. The summed E-state index contributed by atoms with van der Waals surface area (Å²) in [6.07, 6.45) is 1.05. The van der Waals surface area contributed by atoms with E-state index >= 15 is 0 Å². The largest absolute Gasteiger partial charge is 0.452 e. The summed E-state index contributed by atoms with van der Waals surface area (Å²) in [4.78, 5) is 39.0. The number of rotatable bonds is 3. The van der Waals surface area contributed by atoms with Gasteiger partial charge in [-0.1, -0.05) is 26.0 Å². The van der Waals surface area contributed by atoms with Crippen LogP contribution in [0.3, 0.4) is 0 Å². The molecule has 1 saturated heterocycles. The molecule has 7 nitrogen and oxygen atoms in total. The van der Waals surface area contributed by atoms with Crippen LogP contribution in [0.15, 0.2) is 52.3 Å². The number of fused-ring (bicyclic) bond motifs is 2. The van der Waals surface area contributed by atoms with Gasteiger partial charge in [0.15, 0.2) is 12.4 Å². The standard InChI is InChI=1S/C23H23NO6S/c1-14-9-15(2)12-24(11-14)21(25)13-30-23(27)16-7-8-18-20(10-16)31(28,29)19-6-4-3-5-17(19)22(18)26/h3-8,10,14-15H,9,11-13H2,1-2H3. The molecule has 2 atom stereocenters. The summed E-state index contributed by atoms with van der Waals surface area (Å²) in [7, 11) is -3.95. The smallest absolute Gasteiger partial charge is 0.338 e. The second-order valence-corrected chi connectivity index (χ2v) is 10.2. The van der Waals surface area contributed by atoms with Crippen LogP contribution in [0.2, 0.25) is 0 Å². The molecular formula is C23H23NO6S. The van der Waals surface area contributed by atoms with Crippen LogP contribution in [0, 0.1) is 11.8 Å². The minimum atomic E-state index is -3.95. The van der Waals surface area contributed by atoms with Gasteiger partial charge in [-0.05, 0) is 48.6 Å². The first-order valence-electron chi connectivity index (χ1n) is 10.2. The minimum Gasteiger partial charge on any atom is -0.452 e. The summed E-state index contributed by atoms with van der Waals surface area (Å²) in [5.74, 6) is -0.731. The van der Waals surface area contributed by atoms with E-state index in [0.717, 1.165) is 12.5 Å². The molecule has 162 valence electrons. The Labute approximate surface area is 180 Å². The Morgan fingerprint density at radius 2 is 1.65 bits per heavy atom. The van der Waals surface area contributed by atoms with Gasteiger partial charge in [0.05, 0.1) is 15.4 Å². The van der Waals surface area contributed by atoms with Gasteiger partial charge in [0.25, 0.3) is 5.91 Å². The highest BCUT2D eigenvalue weighted by atomic mass is 32.2. The first-order valence-corrected chi connectivity index (χ1v) is 11.6. The van der Waals surface area contributed by atoms with Crippen molar-refractivity contribution >= 4 is 27.5 Å². The molecule has 0 N–H and O–H groups in total. The predicted octanol–water partition coefficient (Wildman–Crippen LogP) is 2.73. The SMILES string of the molecule is CC1CC(C)CN(C(=O)COC(=O)c2ccc3c(c2)S(=O)(=O)c2ccccc2C3=O)C1. The number of hydrogen-bond donors (Lipinski definition) is 0. The zero-order chi connectivity index (χ0) is 22.3. The summed E-state index contributed by atoms with van der Waals surface area (Å²) in [5, 5.41) is 0. The first kappa shape index (κ1) is 21.2. The van der Waals surface area contributed by atoms with E-state index in [-0.39, 0.29) is 32.4 Å². The van der Waals surface area contributed by atoms with Crippen molar-refractivity contribution < 1.29 is 27.5 Å². The molecular weight excluding hydrogens is 418 g/mol. The van der Waals surface area contributed by atoms with Crippen molar-refractivity contribution in [3.8, 4) is 0 Å². The summed E-state index contributed by atoms with van der Waals surface area (Å²) < 4.78 is 31.1. The molecule has 4 rings (SSSR count). The average Bonchev–Trinajstić information content (AvgIpc) is 2.75. The highest BCUT2D eigenvalue weighted by Crippen LogP contribution is 2.34. The van der Waals surface area contributed by atoms with Gasteiger partial charge < -0.3 is 9.64 Å². The lowest BCUT2D eigenvalue weighted by molar-refractivity contribution is -0.137. The van der Waals surface area contributed by atoms with Crippen LogP contribution in [0.1, 0.15) is 46.5 Å². The topological polar surface area (TPSA) is 97.8 Å². The van der Waals surface area contributed by atoms with Crippen LogP contribution in [-0.4, -0.2) is 50.7 Å². The summed E-state index contributed by atoms with van der Waals surface area (Å²) in [6, 6.07) is 9.79. The van der Waals surface area contributed by atoms with Gasteiger partial charge in [-0.2, -0.15) is 0 Å². The van der Waals surface area contributed by atoms with E-state index in [2.05, 4.69) is 13.8 Å². The van der Waals surface area contributed by atoms with Crippen molar-refractivity contribution in [2.45, 2.75) is 30.1 Å². The van der Waals surface area contributed by atoms with Crippen molar-refractivity contribution in [1.29, 1.82) is 0 Å². The van der Waals surface area contributed by atoms with Gasteiger partial charge in [-0.15, -0.1) is 0 Å². The van der Waals surface area contributed by atoms with E-state index < -0.39 is 28.2 Å². The van der Waals surface area contributed by atoms with Crippen LogP contribution in [0.5, 0.6) is 0 Å². The summed E-state index contributed by atoms with van der Waals surface area (Å²) >= 11 is 0. The third kappa shape index (κ3) is 3.87. The van der Waals surface area contributed by atoms with Crippen LogP contribution in [-0.2, 0) is 19.4 Å². The zero-order valence-electron chi connectivity index (χ0n) is 17.3. The molecule has 0 radical (unpaired) electrons. The van der Waals surface area contributed by atoms with Crippen molar-refractivity contribution in [2.24, 2.45) is 11.8 Å². The number of benzene rings is 2. The minimum absolute atomic E-state index is 0.0163. The van der Waals surface area contributed by atoms with E-state index in [0.29, 0.717) is 24.9 Å². The van der Waals surface area contributed by atoms with Crippen molar-refractivity contribution in [3.05, 3.63) is 59.2 Å². The highest BCUT2D eigenvalue weighted by Gasteiger charge is 2.35. The summed E-state index contributed by atoms with van der Waals surface area (Å²) in [5.41, 5.74) is 0.103. The first-order chi connectivity index (χ1) is 14.7. The summed E-state index contributed by atoms with van der Waals surface area (Å²) in [6.45, 7) is 4.99. The highest BCUT2D eigenvalue weighted by molar-refractivity contribution is 7.91. The molecule has 0 aliphatic carbocycles. The Morgan fingerprint density at radius 3 is 2.35 bits per heavy atom. The third-order valence-corrected chi connectivity index (χ3v) is 7.57. The molecule has 2 aromatic carbocycles. The van der Waals surface area contributed by atoms with Gasteiger partial charge in [-0.3, -0.25) is 9.59 Å². The third-order valence-electron chi connectivity index (χ3n) is 5.72. The Hall–Kier alpha value is -3.00. The predicted molar refractivity (Wildman–Crippen MR) is 112 cm³/mol. The van der Waals surface area contributed by atoms with Gasteiger partial charge in [-0.25, -0.2) is 13.2 Å². The number of ketones is 1. The molecule has 0 spiro atoms. The number of likely N-dealkylation sites (tertiary alicyclic amines) is 1. The fourth-order valence-corrected chi connectivity index (χ4v) is 6.06.